The summed E-state index contributed by atoms with van der Waals surface area (Å²) in [6, 6.07) is 6.33. The quantitative estimate of drug-likeness (QED) is 0.827. The van der Waals surface area contributed by atoms with Gasteiger partial charge in [0.25, 0.3) is 0 Å². The number of likely N-dealkylation sites (N-methyl/N-ethyl adjacent to an activating group) is 1. The molecule has 90 valence electrons. The van der Waals surface area contributed by atoms with Gasteiger partial charge in [0.05, 0.1) is 12.0 Å². The molecular weight excluding hydrogens is 224 g/mol. The first kappa shape index (κ1) is 11.0. The Labute approximate surface area is 106 Å². The number of aromatic amines is 1. The number of hydrogen-bond acceptors (Lipinski definition) is 3. The molecule has 1 aliphatic heterocycles. The summed E-state index contributed by atoms with van der Waals surface area (Å²) in [5.74, 6) is -0.0274. The maximum atomic E-state index is 9.10. The van der Waals surface area contributed by atoms with Crippen LogP contribution in [0, 0.1) is 17.2 Å². The van der Waals surface area contributed by atoms with Crippen molar-refractivity contribution in [3.63, 3.8) is 0 Å². The van der Waals surface area contributed by atoms with Crippen LogP contribution in [0.5, 0.6) is 0 Å². The molecule has 4 nitrogen and oxygen atoms in total. The number of fused-ring (bicyclic) bond motifs is 1. The molecule has 3 rings (SSSR count). The molecular formula is C14H14N4. The summed E-state index contributed by atoms with van der Waals surface area (Å²) in [4.78, 5) is 9.65. The highest BCUT2D eigenvalue weighted by molar-refractivity contribution is 5.91. The second-order valence-electron chi connectivity index (χ2n) is 4.73. The summed E-state index contributed by atoms with van der Waals surface area (Å²) >= 11 is 0. The van der Waals surface area contributed by atoms with Gasteiger partial charge in [0.15, 0.2) is 0 Å². The van der Waals surface area contributed by atoms with E-state index in [9.17, 15) is 0 Å². The van der Waals surface area contributed by atoms with E-state index in [1.807, 2.05) is 19.3 Å². The van der Waals surface area contributed by atoms with Gasteiger partial charge in [-0.2, -0.15) is 5.26 Å². The fourth-order valence-electron chi connectivity index (χ4n) is 2.51. The van der Waals surface area contributed by atoms with E-state index in [4.69, 9.17) is 5.26 Å². The van der Waals surface area contributed by atoms with Gasteiger partial charge < -0.3 is 9.88 Å². The van der Waals surface area contributed by atoms with Gasteiger partial charge in [0.1, 0.15) is 5.65 Å². The molecule has 0 fully saturated rings. The van der Waals surface area contributed by atoms with Gasteiger partial charge in [-0.25, -0.2) is 4.98 Å². The lowest BCUT2D eigenvalue weighted by Crippen LogP contribution is -2.30. The maximum absolute atomic E-state index is 9.10. The molecule has 0 bridgehead atoms. The molecule has 0 saturated heterocycles. The summed E-state index contributed by atoms with van der Waals surface area (Å²) in [6.45, 7) is 1.68. The third-order valence-corrected chi connectivity index (χ3v) is 3.31. The number of H-pyrrole nitrogens is 1. The zero-order chi connectivity index (χ0) is 12.5. The molecule has 1 N–H and O–H groups in total. The average Bonchev–Trinajstić information content (AvgIpc) is 2.81. The molecule has 1 atom stereocenters. The van der Waals surface area contributed by atoms with Crippen LogP contribution in [-0.2, 0) is 0 Å². The second kappa shape index (κ2) is 4.28. The van der Waals surface area contributed by atoms with E-state index in [1.54, 1.807) is 6.20 Å². The third kappa shape index (κ3) is 1.79. The lowest BCUT2D eigenvalue weighted by Gasteiger charge is -2.25. The standard InChI is InChI=1S/C14H14N4/c1-18-8-10(6-15)5-11(9-18)13-7-17-14-12(13)3-2-4-16-14/h2-5,7,10H,8-9H2,1H3,(H,16,17). The molecule has 3 heterocycles. The van der Waals surface area contributed by atoms with Crippen molar-refractivity contribution in [1.29, 1.82) is 5.26 Å². The van der Waals surface area contributed by atoms with Crippen LogP contribution in [0.2, 0.25) is 0 Å². The predicted molar refractivity (Wildman–Crippen MR) is 70.7 cm³/mol. The van der Waals surface area contributed by atoms with Crippen LogP contribution in [0.15, 0.2) is 30.6 Å². The summed E-state index contributed by atoms with van der Waals surface area (Å²) in [7, 11) is 2.05. The van der Waals surface area contributed by atoms with Crippen LogP contribution in [0.1, 0.15) is 5.56 Å². The van der Waals surface area contributed by atoms with Gasteiger partial charge in [-0.3, -0.25) is 0 Å². The van der Waals surface area contributed by atoms with Crippen LogP contribution in [0.3, 0.4) is 0 Å². The van der Waals surface area contributed by atoms with Crippen molar-refractivity contribution in [2.45, 2.75) is 0 Å². The maximum Gasteiger partial charge on any atom is 0.137 e. The number of hydrogen-bond donors (Lipinski definition) is 1. The van der Waals surface area contributed by atoms with Gasteiger partial charge in [0, 0.05) is 36.4 Å². The first-order valence-electron chi connectivity index (χ1n) is 5.99. The van der Waals surface area contributed by atoms with Crippen LogP contribution < -0.4 is 0 Å². The van der Waals surface area contributed by atoms with Gasteiger partial charge in [0.2, 0.25) is 0 Å². The monoisotopic (exact) mass is 238 g/mol. The number of nitrogens with zero attached hydrogens (tertiary/aromatic N) is 3. The first-order chi connectivity index (χ1) is 8.78. The number of pyridine rings is 1. The Bertz CT molecular complexity index is 647. The molecule has 18 heavy (non-hydrogen) atoms. The van der Waals surface area contributed by atoms with Crippen molar-refractivity contribution >= 4 is 16.6 Å². The molecule has 0 aliphatic carbocycles. The third-order valence-electron chi connectivity index (χ3n) is 3.31. The van der Waals surface area contributed by atoms with E-state index in [0.29, 0.717) is 0 Å². The Morgan fingerprint density at radius 2 is 2.44 bits per heavy atom. The normalized spacial score (nSPS) is 20.7. The summed E-state index contributed by atoms with van der Waals surface area (Å²) in [5.41, 5.74) is 3.26. The molecule has 1 aliphatic rings. The number of aromatic nitrogens is 2. The van der Waals surface area contributed by atoms with E-state index >= 15 is 0 Å². The van der Waals surface area contributed by atoms with E-state index in [1.165, 1.54) is 5.57 Å². The Morgan fingerprint density at radius 3 is 3.28 bits per heavy atom. The lowest BCUT2D eigenvalue weighted by molar-refractivity contribution is 0.346. The molecule has 0 spiro atoms. The Hall–Kier alpha value is -2.12. The zero-order valence-electron chi connectivity index (χ0n) is 10.2. The van der Waals surface area contributed by atoms with Crippen molar-refractivity contribution < 1.29 is 0 Å². The summed E-state index contributed by atoms with van der Waals surface area (Å²) < 4.78 is 0. The van der Waals surface area contributed by atoms with E-state index in [0.717, 1.165) is 29.7 Å². The first-order valence-corrected chi connectivity index (χ1v) is 5.99. The Morgan fingerprint density at radius 1 is 1.56 bits per heavy atom. The highest BCUT2D eigenvalue weighted by Gasteiger charge is 2.19. The average molecular weight is 238 g/mol. The minimum atomic E-state index is -0.0274. The highest BCUT2D eigenvalue weighted by atomic mass is 15.1. The number of rotatable bonds is 1. The fourth-order valence-corrected chi connectivity index (χ4v) is 2.51. The van der Waals surface area contributed by atoms with Gasteiger partial charge >= 0.3 is 0 Å². The van der Waals surface area contributed by atoms with Gasteiger partial charge in [-0.1, -0.05) is 6.08 Å². The SMILES string of the molecule is CN1CC(c2c[nH]c3ncccc23)=CC(C#N)C1. The highest BCUT2D eigenvalue weighted by Crippen LogP contribution is 2.28. The van der Waals surface area contributed by atoms with Crippen molar-refractivity contribution in [3.05, 3.63) is 36.2 Å². The number of nitriles is 1. The van der Waals surface area contributed by atoms with E-state index < -0.39 is 0 Å². The molecule has 0 aromatic carbocycles. The second-order valence-corrected chi connectivity index (χ2v) is 4.73. The zero-order valence-corrected chi connectivity index (χ0v) is 10.2. The Balaban J connectivity index is 2.09. The van der Waals surface area contributed by atoms with Crippen LogP contribution in [0.4, 0.5) is 0 Å². The lowest BCUT2D eigenvalue weighted by atomic mass is 9.96. The minimum Gasteiger partial charge on any atom is -0.346 e. The van der Waals surface area contributed by atoms with Crippen molar-refractivity contribution in [1.82, 2.24) is 14.9 Å². The smallest absolute Gasteiger partial charge is 0.137 e. The van der Waals surface area contributed by atoms with Gasteiger partial charge in [-0.15, -0.1) is 0 Å². The minimum absolute atomic E-state index is 0.0274. The van der Waals surface area contributed by atoms with Gasteiger partial charge in [-0.05, 0) is 24.8 Å². The van der Waals surface area contributed by atoms with Crippen molar-refractivity contribution in [2.75, 3.05) is 20.1 Å². The molecule has 4 heteroatoms. The number of nitrogens with one attached hydrogen (secondary N) is 1. The van der Waals surface area contributed by atoms with Crippen molar-refractivity contribution in [2.24, 2.45) is 5.92 Å². The van der Waals surface area contributed by atoms with E-state index in [-0.39, 0.29) is 5.92 Å². The fraction of sp³-hybridized carbons (Fsp3) is 0.286. The molecule has 0 saturated carbocycles. The van der Waals surface area contributed by atoms with Crippen LogP contribution >= 0.6 is 0 Å². The van der Waals surface area contributed by atoms with Crippen molar-refractivity contribution in [3.8, 4) is 6.07 Å². The van der Waals surface area contributed by atoms with Crippen LogP contribution in [-0.4, -0.2) is 35.0 Å². The molecule has 0 radical (unpaired) electrons. The molecule has 1 unspecified atom stereocenters. The molecule has 2 aromatic heterocycles. The molecule has 2 aromatic rings. The largest absolute Gasteiger partial charge is 0.346 e. The topological polar surface area (TPSA) is 55.7 Å². The summed E-state index contributed by atoms with van der Waals surface area (Å²) in [5, 5.41) is 10.2. The van der Waals surface area contributed by atoms with Crippen LogP contribution in [0.25, 0.3) is 16.6 Å². The predicted octanol–water partition coefficient (Wildman–Crippen LogP) is 2.03. The summed E-state index contributed by atoms with van der Waals surface area (Å²) in [6.07, 6.45) is 5.84. The Kier molecular flexibility index (Phi) is 2.62. The van der Waals surface area contributed by atoms with E-state index in [2.05, 4.69) is 33.1 Å². The molecule has 0 amide bonds.